The third-order valence-electron chi connectivity index (χ3n) is 3.43. The second kappa shape index (κ2) is 7.93. The molecule has 0 saturated carbocycles. The molecule has 3 N–H and O–H groups in total. The van der Waals surface area contributed by atoms with Crippen LogP contribution in [0.2, 0.25) is 0 Å². The summed E-state index contributed by atoms with van der Waals surface area (Å²) in [5.74, 6) is 1.28. The molecule has 1 fully saturated rings. The summed E-state index contributed by atoms with van der Waals surface area (Å²) in [5, 5.41) is 14.7. The van der Waals surface area contributed by atoms with Gasteiger partial charge in [0, 0.05) is 12.6 Å². The molecule has 0 atom stereocenters. The third-order valence-corrected chi connectivity index (χ3v) is 4.48. The Morgan fingerprint density at radius 1 is 1.29 bits per heavy atom. The zero-order valence-corrected chi connectivity index (χ0v) is 12.6. The van der Waals surface area contributed by atoms with Crippen LogP contribution in [0, 0.1) is 0 Å². The summed E-state index contributed by atoms with van der Waals surface area (Å²) in [4.78, 5) is 22.6. The standard InChI is InChI=1S/C15H20N2O3S/c18-14(19)12-3-1-2-11(10-12)4-7-16-15(20)17-13-5-8-21-9-6-13/h1-3,10,13H,4-9H2,(H,18,19)(H2,16,17,20). The lowest BCUT2D eigenvalue weighted by Gasteiger charge is -2.22. The fourth-order valence-corrected chi connectivity index (χ4v) is 3.37. The number of rotatable bonds is 5. The first-order valence-electron chi connectivity index (χ1n) is 7.09. The minimum absolute atomic E-state index is 0.138. The first-order chi connectivity index (χ1) is 10.1. The van der Waals surface area contributed by atoms with Gasteiger partial charge in [-0.2, -0.15) is 11.8 Å². The van der Waals surface area contributed by atoms with Gasteiger partial charge < -0.3 is 15.7 Å². The number of thioether (sulfide) groups is 1. The molecule has 0 unspecified atom stereocenters. The zero-order chi connectivity index (χ0) is 15.1. The highest BCUT2D eigenvalue weighted by Gasteiger charge is 2.15. The molecule has 2 amide bonds. The van der Waals surface area contributed by atoms with Crippen LogP contribution in [0.5, 0.6) is 0 Å². The summed E-state index contributed by atoms with van der Waals surface area (Å²) < 4.78 is 0. The van der Waals surface area contributed by atoms with Gasteiger partial charge in [0.05, 0.1) is 5.56 Å². The van der Waals surface area contributed by atoms with E-state index in [-0.39, 0.29) is 17.6 Å². The van der Waals surface area contributed by atoms with Crippen LogP contribution in [-0.4, -0.2) is 41.2 Å². The molecule has 0 aromatic heterocycles. The van der Waals surface area contributed by atoms with Crippen LogP contribution in [0.3, 0.4) is 0 Å². The van der Waals surface area contributed by atoms with Crippen molar-refractivity contribution in [1.82, 2.24) is 10.6 Å². The lowest BCUT2D eigenvalue weighted by molar-refractivity contribution is 0.0696. The second-order valence-corrected chi connectivity index (χ2v) is 6.27. The van der Waals surface area contributed by atoms with E-state index in [4.69, 9.17) is 5.11 Å². The van der Waals surface area contributed by atoms with E-state index in [0.717, 1.165) is 29.9 Å². The lowest BCUT2D eigenvalue weighted by Crippen LogP contribution is -2.44. The molecule has 0 spiro atoms. The zero-order valence-electron chi connectivity index (χ0n) is 11.8. The highest BCUT2D eigenvalue weighted by atomic mass is 32.2. The smallest absolute Gasteiger partial charge is 0.335 e. The maximum absolute atomic E-state index is 11.8. The van der Waals surface area contributed by atoms with Crippen molar-refractivity contribution in [1.29, 1.82) is 0 Å². The highest BCUT2D eigenvalue weighted by Crippen LogP contribution is 2.16. The van der Waals surface area contributed by atoms with Crippen LogP contribution in [0.4, 0.5) is 4.79 Å². The molecule has 5 nitrogen and oxygen atoms in total. The Kier molecular flexibility index (Phi) is 5.92. The van der Waals surface area contributed by atoms with Crippen molar-refractivity contribution in [2.45, 2.75) is 25.3 Å². The molecule has 6 heteroatoms. The van der Waals surface area contributed by atoms with Gasteiger partial charge in [0.2, 0.25) is 0 Å². The number of benzene rings is 1. The maximum atomic E-state index is 11.8. The van der Waals surface area contributed by atoms with Gasteiger partial charge in [0.15, 0.2) is 0 Å². The Labute approximate surface area is 128 Å². The molecule has 1 aliphatic rings. The van der Waals surface area contributed by atoms with Gasteiger partial charge in [0.25, 0.3) is 0 Å². The van der Waals surface area contributed by atoms with Crippen LogP contribution in [-0.2, 0) is 6.42 Å². The number of nitrogens with one attached hydrogen (secondary N) is 2. The molecule has 21 heavy (non-hydrogen) atoms. The molecule has 1 aliphatic heterocycles. The maximum Gasteiger partial charge on any atom is 0.335 e. The Bertz CT molecular complexity index is 501. The largest absolute Gasteiger partial charge is 0.478 e. The van der Waals surface area contributed by atoms with Crippen molar-refractivity contribution >= 4 is 23.8 Å². The minimum atomic E-state index is -0.933. The van der Waals surface area contributed by atoms with Crippen molar-refractivity contribution in [3.8, 4) is 0 Å². The van der Waals surface area contributed by atoms with Crippen molar-refractivity contribution in [2.24, 2.45) is 0 Å². The number of urea groups is 1. The van der Waals surface area contributed by atoms with Crippen LogP contribution in [0.1, 0.15) is 28.8 Å². The first kappa shape index (κ1) is 15.7. The summed E-state index contributed by atoms with van der Waals surface area (Å²) >= 11 is 1.92. The Morgan fingerprint density at radius 3 is 2.76 bits per heavy atom. The molecule has 0 aliphatic carbocycles. The normalized spacial score (nSPS) is 15.4. The molecular weight excluding hydrogens is 288 g/mol. The fraction of sp³-hybridized carbons (Fsp3) is 0.467. The predicted octanol–water partition coefficient (Wildman–Crippen LogP) is 2.12. The van der Waals surface area contributed by atoms with Crippen LogP contribution in [0.25, 0.3) is 0 Å². The predicted molar refractivity (Wildman–Crippen MR) is 84.0 cm³/mol. The first-order valence-corrected chi connectivity index (χ1v) is 8.25. The molecule has 0 radical (unpaired) electrons. The summed E-state index contributed by atoms with van der Waals surface area (Å²) in [6.45, 7) is 0.496. The van der Waals surface area contributed by atoms with Crippen LogP contribution in [0.15, 0.2) is 24.3 Å². The van der Waals surface area contributed by atoms with Crippen molar-refractivity contribution in [3.63, 3.8) is 0 Å². The monoisotopic (exact) mass is 308 g/mol. The van der Waals surface area contributed by atoms with Gasteiger partial charge >= 0.3 is 12.0 Å². The Balaban J connectivity index is 1.72. The average Bonchev–Trinajstić information content (AvgIpc) is 2.48. The number of carboxylic acid groups (broad SMARTS) is 1. The van der Waals surface area contributed by atoms with E-state index in [1.54, 1.807) is 18.2 Å². The summed E-state index contributed by atoms with van der Waals surface area (Å²) in [5.41, 5.74) is 1.18. The molecule has 1 heterocycles. The van der Waals surface area contributed by atoms with E-state index < -0.39 is 5.97 Å². The van der Waals surface area contributed by atoms with Crippen LogP contribution >= 0.6 is 11.8 Å². The summed E-state index contributed by atoms with van der Waals surface area (Å²) in [6, 6.07) is 6.93. The third kappa shape index (κ3) is 5.30. The van der Waals surface area contributed by atoms with Gasteiger partial charge in [0.1, 0.15) is 0 Å². The molecule has 1 aromatic rings. The molecule has 114 valence electrons. The molecule has 1 saturated heterocycles. The highest BCUT2D eigenvalue weighted by molar-refractivity contribution is 7.99. The van der Waals surface area contributed by atoms with E-state index in [1.807, 2.05) is 17.8 Å². The van der Waals surface area contributed by atoms with Crippen molar-refractivity contribution < 1.29 is 14.7 Å². The second-order valence-electron chi connectivity index (χ2n) is 5.04. The van der Waals surface area contributed by atoms with Gasteiger partial charge in [-0.15, -0.1) is 0 Å². The SMILES string of the molecule is O=C(NCCc1cccc(C(=O)O)c1)NC1CCSCC1. The number of carbonyl (C=O) groups is 2. The molecular formula is C15H20N2O3S. The van der Waals surface area contributed by atoms with E-state index in [9.17, 15) is 9.59 Å². The van der Waals surface area contributed by atoms with E-state index in [0.29, 0.717) is 13.0 Å². The number of carbonyl (C=O) groups excluding carboxylic acids is 1. The number of hydrogen-bond donors (Lipinski definition) is 3. The van der Waals surface area contributed by atoms with E-state index in [1.165, 1.54) is 0 Å². The van der Waals surface area contributed by atoms with Gasteiger partial charge in [-0.1, -0.05) is 12.1 Å². The van der Waals surface area contributed by atoms with E-state index >= 15 is 0 Å². The average molecular weight is 308 g/mol. The Hall–Kier alpha value is -1.69. The lowest BCUT2D eigenvalue weighted by atomic mass is 10.1. The quantitative estimate of drug-likeness (QED) is 0.778. The van der Waals surface area contributed by atoms with Crippen LogP contribution < -0.4 is 10.6 Å². The van der Waals surface area contributed by atoms with Gasteiger partial charge in [-0.05, 0) is 48.5 Å². The van der Waals surface area contributed by atoms with Gasteiger partial charge in [-0.3, -0.25) is 0 Å². The minimum Gasteiger partial charge on any atom is -0.478 e. The number of carboxylic acids is 1. The fourth-order valence-electron chi connectivity index (χ4n) is 2.26. The topological polar surface area (TPSA) is 78.4 Å². The summed E-state index contributed by atoms with van der Waals surface area (Å²) in [6.07, 6.45) is 2.67. The molecule has 1 aromatic carbocycles. The molecule has 0 bridgehead atoms. The van der Waals surface area contributed by atoms with E-state index in [2.05, 4.69) is 10.6 Å². The van der Waals surface area contributed by atoms with Gasteiger partial charge in [-0.25, -0.2) is 9.59 Å². The van der Waals surface area contributed by atoms with Crippen molar-refractivity contribution in [2.75, 3.05) is 18.1 Å². The number of hydrogen-bond acceptors (Lipinski definition) is 3. The molecule has 2 rings (SSSR count). The summed E-state index contributed by atoms with van der Waals surface area (Å²) in [7, 11) is 0. The Morgan fingerprint density at radius 2 is 2.05 bits per heavy atom. The van der Waals surface area contributed by atoms with Crippen molar-refractivity contribution in [3.05, 3.63) is 35.4 Å². The number of aromatic carboxylic acids is 1. The number of amides is 2.